The van der Waals surface area contributed by atoms with Crippen molar-refractivity contribution >= 4 is 11.8 Å². The minimum atomic E-state index is -0.315. The summed E-state index contributed by atoms with van der Waals surface area (Å²) in [5.74, 6) is -0.280. The van der Waals surface area contributed by atoms with Crippen LogP contribution in [0.5, 0.6) is 0 Å². The predicted octanol–water partition coefficient (Wildman–Crippen LogP) is 4.46. The molecule has 2 rings (SSSR count). The lowest BCUT2D eigenvalue weighted by Gasteiger charge is -2.14. The second-order valence-electron chi connectivity index (χ2n) is 6.63. The monoisotopic (exact) mass is 314 g/mol. The average Bonchev–Trinajstić information content (AvgIpc) is 2.73. The molecule has 0 aromatic carbocycles. The zero-order chi connectivity index (χ0) is 17.0. The lowest BCUT2D eigenvalue weighted by molar-refractivity contribution is -0.137. The molecule has 1 heterocycles. The predicted molar refractivity (Wildman–Crippen MR) is 91.9 cm³/mol. The van der Waals surface area contributed by atoms with Gasteiger partial charge in [-0.15, -0.1) is 0 Å². The summed E-state index contributed by atoms with van der Waals surface area (Å²) < 4.78 is 5.46. The Kier molecular flexibility index (Phi) is 5.75. The van der Waals surface area contributed by atoms with E-state index in [2.05, 4.69) is 26.5 Å². The fourth-order valence-corrected chi connectivity index (χ4v) is 3.09. The molecule has 124 valence electrons. The average molecular weight is 314 g/mol. The molecule has 0 saturated carbocycles. The molecule has 3 heteroatoms. The zero-order valence-electron chi connectivity index (χ0n) is 14.4. The van der Waals surface area contributed by atoms with Crippen molar-refractivity contribution in [2.24, 2.45) is 5.92 Å². The lowest BCUT2D eigenvalue weighted by atomic mass is 9.90. The number of ketones is 1. The van der Waals surface area contributed by atoms with Crippen LogP contribution < -0.4 is 0 Å². The van der Waals surface area contributed by atoms with Gasteiger partial charge in [0.25, 0.3) is 0 Å². The fourth-order valence-electron chi connectivity index (χ4n) is 3.09. The molecule has 0 radical (unpaired) electrons. The van der Waals surface area contributed by atoms with E-state index in [1.807, 2.05) is 12.2 Å². The summed E-state index contributed by atoms with van der Waals surface area (Å²) in [4.78, 5) is 23.7. The molecule has 1 fully saturated rings. The number of allylic oxidation sites excluding steroid dienone is 5. The first-order chi connectivity index (χ1) is 10.9. The van der Waals surface area contributed by atoms with Gasteiger partial charge in [-0.1, -0.05) is 29.9 Å². The molecule has 1 aliphatic carbocycles. The van der Waals surface area contributed by atoms with E-state index < -0.39 is 0 Å². The van der Waals surface area contributed by atoms with Crippen LogP contribution in [0.25, 0.3) is 0 Å². The standard InChI is InChI=1S/C20H26O3/c1-13-6-5-7-14(2)12-19-18(15(3)20(22)23-19)11-10-17(9-8-13)16(4)21/h6,10,12,18-19H,3,5,7-9,11H2,1-2,4H3/b13-6+,14-12+,17-10-/t18-,19-/m0/s1. The number of Topliss-reactive ketones (excluding diaryl/α,β-unsaturated/α-hetero) is 1. The van der Waals surface area contributed by atoms with Crippen LogP contribution >= 0.6 is 0 Å². The first kappa shape index (κ1) is 17.5. The number of fused-ring (bicyclic) bond motifs is 1. The van der Waals surface area contributed by atoms with Crippen LogP contribution in [-0.2, 0) is 14.3 Å². The van der Waals surface area contributed by atoms with Gasteiger partial charge >= 0.3 is 5.97 Å². The summed E-state index contributed by atoms with van der Waals surface area (Å²) in [6, 6.07) is 0. The lowest BCUT2D eigenvalue weighted by Crippen LogP contribution is -2.14. The summed E-state index contributed by atoms with van der Waals surface area (Å²) >= 11 is 0. The number of hydrogen-bond donors (Lipinski definition) is 0. The molecule has 23 heavy (non-hydrogen) atoms. The number of carbonyl (C=O) groups is 2. The maximum Gasteiger partial charge on any atom is 0.334 e. The van der Waals surface area contributed by atoms with E-state index in [1.165, 1.54) is 11.1 Å². The summed E-state index contributed by atoms with van der Waals surface area (Å²) in [6.45, 7) is 9.69. The molecule has 2 atom stereocenters. The smallest absolute Gasteiger partial charge is 0.334 e. The van der Waals surface area contributed by atoms with Crippen molar-refractivity contribution in [2.45, 2.75) is 59.0 Å². The molecule has 0 aromatic heterocycles. The molecule has 0 N–H and O–H groups in total. The highest BCUT2D eigenvalue weighted by Crippen LogP contribution is 2.32. The molecule has 0 amide bonds. The van der Waals surface area contributed by atoms with Crippen LogP contribution in [-0.4, -0.2) is 17.9 Å². The third kappa shape index (κ3) is 4.54. The molecule has 0 bridgehead atoms. The Bertz CT molecular complexity index is 604. The van der Waals surface area contributed by atoms with Gasteiger partial charge in [-0.3, -0.25) is 4.79 Å². The van der Waals surface area contributed by atoms with Gasteiger partial charge in [0.1, 0.15) is 6.10 Å². The van der Waals surface area contributed by atoms with Crippen LogP contribution in [0.1, 0.15) is 52.9 Å². The minimum absolute atomic E-state index is 0.0680. The maximum atomic E-state index is 11.9. The van der Waals surface area contributed by atoms with Crippen molar-refractivity contribution in [2.75, 3.05) is 0 Å². The van der Waals surface area contributed by atoms with Gasteiger partial charge in [-0.25, -0.2) is 4.79 Å². The SMILES string of the molecule is C=C1C(=O)O[C@H]2/C=C(\C)CC/C=C(\C)CC/C(C(C)=O)=C/C[C@@H]12. The topological polar surface area (TPSA) is 43.4 Å². The minimum Gasteiger partial charge on any atom is -0.454 e. The van der Waals surface area contributed by atoms with Gasteiger partial charge in [0.05, 0.1) is 0 Å². The molecule has 0 spiro atoms. The molecular formula is C20H26O3. The van der Waals surface area contributed by atoms with Gasteiger partial charge in [-0.05, 0) is 64.5 Å². The van der Waals surface area contributed by atoms with Gasteiger partial charge < -0.3 is 4.74 Å². The molecule has 0 unspecified atom stereocenters. The Labute approximate surface area is 138 Å². The third-order valence-electron chi connectivity index (χ3n) is 4.69. The Morgan fingerprint density at radius 2 is 1.91 bits per heavy atom. The third-order valence-corrected chi connectivity index (χ3v) is 4.69. The Balaban J connectivity index is 2.32. The summed E-state index contributed by atoms with van der Waals surface area (Å²) in [5.41, 5.74) is 3.90. The van der Waals surface area contributed by atoms with Gasteiger partial charge in [-0.2, -0.15) is 0 Å². The van der Waals surface area contributed by atoms with Crippen molar-refractivity contribution in [1.82, 2.24) is 0 Å². The van der Waals surface area contributed by atoms with Crippen LogP contribution in [0.15, 0.2) is 47.1 Å². The first-order valence-electron chi connectivity index (χ1n) is 8.31. The van der Waals surface area contributed by atoms with E-state index in [9.17, 15) is 9.59 Å². The molecule has 2 aliphatic rings. The van der Waals surface area contributed by atoms with Gasteiger partial charge in [0.15, 0.2) is 5.78 Å². The highest BCUT2D eigenvalue weighted by Gasteiger charge is 2.36. The van der Waals surface area contributed by atoms with Crippen LogP contribution in [0.3, 0.4) is 0 Å². The van der Waals surface area contributed by atoms with Crippen molar-refractivity contribution in [3.05, 3.63) is 47.1 Å². The van der Waals surface area contributed by atoms with E-state index >= 15 is 0 Å². The number of carbonyl (C=O) groups excluding carboxylic acids is 2. The fraction of sp³-hybridized carbons (Fsp3) is 0.500. The van der Waals surface area contributed by atoms with Crippen molar-refractivity contribution in [3.8, 4) is 0 Å². The summed E-state index contributed by atoms with van der Waals surface area (Å²) in [6.07, 6.45) is 10.2. The number of esters is 1. The van der Waals surface area contributed by atoms with Crippen LogP contribution in [0, 0.1) is 5.92 Å². The Morgan fingerprint density at radius 3 is 2.61 bits per heavy atom. The Hall–Kier alpha value is -1.90. The van der Waals surface area contributed by atoms with Gasteiger partial charge in [0, 0.05) is 11.5 Å². The van der Waals surface area contributed by atoms with E-state index in [0.29, 0.717) is 12.0 Å². The Morgan fingerprint density at radius 1 is 1.17 bits per heavy atom. The van der Waals surface area contributed by atoms with Gasteiger partial charge in [0.2, 0.25) is 0 Å². The first-order valence-corrected chi connectivity index (χ1v) is 8.31. The molecule has 0 aromatic rings. The zero-order valence-corrected chi connectivity index (χ0v) is 14.4. The largest absolute Gasteiger partial charge is 0.454 e. The highest BCUT2D eigenvalue weighted by atomic mass is 16.5. The van der Waals surface area contributed by atoms with Crippen LogP contribution in [0.4, 0.5) is 0 Å². The summed E-state index contributed by atoms with van der Waals surface area (Å²) in [7, 11) is 0. The van der Waals surface area contributed by atoms with E-state index in [0.717, 1.165) is 31.3 Å². The van der Waals surface area contributed by atoms with Crippen LogP contribution in [0.2, 0.25) is 0 Å². The number of hydrogen-bond acceptors (Lipinski definition) is 3. The molecule has 1 saturated heterocycles. The molecular weight excluding hydrogens is 288 g/mol. The van der Waals surface area contributed by atoms with Crippen molar-refractivity contribution < 1.29 is 14.3 Å². The molecule has 3 nitrogen and oxygen atoms in total. The van der Waals surface area contributed by atoms with Crippen molar-refractivity contribution in [1.29, 1.82) is 0 Å². The van der Waals surface area contributed by atoms with E-state index in [1.54, 1.807) is 6.92 Å². The second-order valence-corrected chi connectivity index (χ2v) is 6.63. The maximum absolute atomic E-state index is 11.9. The van der Waals surface area contributed by atoms with E-state index in [-0.39, 0.29) is 23.8 Å². The molecule has 1 aliphatic heterocycles. The van der Waals surface area contributed by atoms with Crippen molar-refractivity contribution in [3.63, 3.8) is 0 Å². The summed E-state index contributed by atoms with van der Waals surface area (Å²) in [5, 5.41) is 0. The second kappa shape index (κ2) is 7.58. The normalized spacial score (nSPS) is 33.4. The number of rotatable bonds is 1. The van der Waals surface area contributed by atoms with E-state index in [4.69, 9.17) is 4.74 Å². The number of ether oxygens (including phenoxy) is 1. The highest BCUT2D eigenvalue weighted by molar-refractivity contribution is 5.93. The quantitative estimate of drug-likeness (QED) is 0.408.